The number of aromatic nitrogens is 3. The highest BCUT2D eigenvalue weighted by Crippen LogP contribution is 2.09. The first-order chi connectivity index (χ1) is 6.13. The Morgan fingerprint density at radius 1 is 1.54 bits per heavy atom. The number of nitrogens with zero attached hydrogens (tertiary/aromatic N) is 3. The van der Waals surface area contributed by atoms with E-state index in [0.29, 0.717) is 5.92 Å². The van der Waals surface area contributed by atoms with Gasteiger partial charge >= 0.3 is 0 Å². The summed E-state index contributed by atoms with van der Waals surface area (Å²) in [6.45, 7) is 7.26. The van der Waals surface area contributed by atoms with Gasteiger partial charge < -0.3 is 5.73 Å². The third kappa shape index (κ3) is 2.81. The topological polar surface area (TPSA) is 56.7 Å². The Kier molecular flexibility index (Phi) is 3.42. The van der Waals surface area contributed by atoms with Crippen LogP contribution in [0, 0.1) is 5.92 Å². The van der Waals surface area contributed by atoms with Gasteiger partial charge in [0.05, 0.1) is 17.9 Å². The van der Waals surface area contributed by atoms with Gasteiger partial charge in [0.2, 0.25) is 0 Å². The molecule has 0 aliphatic heterocycles. The van der Waals surface area contributed by atoms with Crippen LogP contribution in [-0.4, -0.2) is 15.0 Å². The van der Waals surface area contributed by atoms with Gasteiger partial charge in [-0.1, -0.05) is 26.0 Å². The van der Waals surface area contributed by atoms with E-state index in [9.17, 15) is 0 Å². The summed E-state index contributed by atoms with van der Waals surface area (Å²) in [6.07, 6.45) is 2.84. The average molecular weight is 182 g/mol. The maximum Gasteiger partial charge on any atom is 0.0993 e. The SMILES string of the molecule is CCC(N)c1cn(CC(C)C)nn1. The fraction of sp³-hybridized carbons (Fsp3) is 0.778. The zero-order valence-corrected chi connectivity index (χ0v) is 8.57. The highest BCUT2D eigenvalue weighted by molar-refractivity contribution is 4.98. The molecule has 1 aromatic rings. The van der Waals surface area contributed by atoms with Gasteiger partial charge in [-0.05, 0) is 12.3 Å². The molecule has 0 spiro atoms. The molecule has 1 unspecified atom stereocenters. The van der Waals surface area contributed by atoms with Crippen molar-refractivity contribution in [3.05, 3.63) is 11.9 Å². The van der Waals surface area contributed by atoms with Crippen LogP contribution in [0.2, 0.25) is 0 Å². The van der Waals surface area contributed by atoms with Gasteiger partial charge in [0.25, 0.3) is 0 Å². The maximum atomic E-state index is 5.82. The minimum atomic E-state index is 0.0286. The summed E-state index contributed by atoms with van der Waals surface area (Å²) in [6, 6.07) is 0.0286. The molecule has 4 nitrogen and oxygen atoms in total. The lowest BCUT2D eigenvalue weighted by atomic mass is 10.2. The first kappa shape index (κ1) is 10.2. The predicted molar refractivity (Wildman–Crippen MR) is 52.1 cm³/mol. The molecular formula is C9H18N4. The highest BCUT2D eigenvalue weighted by atomic mass is 15.4. The van der Waals surface area contributed by atoms with E-state index in [0.717, 1.165) is 18.7 Å². The molecular weight excluding hydrogens is 164 g/mol. The summed E-state index contributed by atoms with van der Waals surface area (Å²) in [4.78, 5) is 0. The Morgan fingerprint density at radius 3 is 2.77 bits per heavy atom. The van der Waals surface area contributed by atoms with Crippen LogP contribution in [0.1, 0.15) is 38.9 Å². The highest BCUT2D eigenvalue weighted by Gasteiger charge is 2.08. The molecule has 0 fully saturated rings. The van der Waals surface area contributed by atoms with Crippen LogP contribution >= 0.6 is 0 Å². The van der Waals surface area contributed by atoms with Gasteiger partial charge in [0.1, 0.15) is 0 Å². The molecule has 1 heterocycles. The summed E-state index contributed by atoms with van der Waals surface area (Å²) >= 11 is 0. The molecule has 1 aromatic heterocycles. The lowest BCUT2D eigenvalue weighted by Crippen LogP contribution is -2.09. The summed E-state index contributed by atoms with van der Waals surface area (Å²) in [7, 11) is 0. The number of hydrogen-bond donors (Lipinski definition) is 1. The molecule has 0 saturated carbocycles. The van der Waals surface area contributed by atoms with Crippen molar-refractivity contribution in [1.29, 1.82) is 0 Å². The van der Waals surface area contributed by atoms with Crippen LogP contribution in [-0.2, 0) is 6.54 Å². The quantitative estimate of drug-likeness (QED) is 0.764. The molecule has 1 atom stereocenters. The third-order valence-electron chi connectivity index (χ3n) is 1.93. The lowest BCUT2D eigenvalue weighted by Gasteiger charge is -2.03. The Balaban J connectivity index is 2.63. The van der Waals surface area contributed by atoms with Crippen molar-refractivity contribution in [2.75, 3.05) is 0 Å². The van der Waals surface area contributed by atoms with Gasteiger partial charge in [-0.25, -0.2) is 0 Å². The van der Waals surface area contributed by atoms with Crippen molar-refractivity contribution in [2.45, 2.75) is 39.8 Å². The Hall–Kier alpha value is -0.900. The van der Waals surface area contributed by atoms with Crippen LogP contribution in [0.25, 0.3) is 0 Å². The Labute approximate surface area is 79.1 Å². The van der Waals surface area contributed by atoms with Gasteiger partial charge in [-0.2, -0.15) is 0 Å². The zero-order valence-electron chi connectivity index (χ0n) is 8.57. The predicted octanol–water partition coefficient (Wildman–Crippen LogP) is 1.34. The zero-order chi connectivity index (χ0) is 9.84. The minimum Gasteiger partial charge on any atom is -0.323 e. The second-order valence-corrected chi connectivity index (χ2v) is 3.77. The van der Waals surface area contributed by atoms with Crippen molar-refractivity contribution >= 4 is 0 Å². The molecule has 0 aliphatic rings. The van der Waals surface area contributed by atoms with E-state index in [2.05, 4.69) is 24.2 Å². The van der Waals surface area contributed by atoms with Crippen LogP contribution in [0.15, 0.2) is 6.20 Å². The first-order valence-corrected chi connectivity index (χ1v) is 4.79. The van der Waals surface area contributed by atoms with Crippen molar-refractivity contribution < 1.29 is 0 Å². The van der Waals surface area contributed by atoms with Gasteiger partial charge in [-0.3, -0.25) is 4.68 Å². The molecule has 74 valence electrons. The van der Waals surface area contributed by atoms with E-state index in [4.69, 9.17) is 5.73 Å². The molecule has 13 heavy (non-hydrogen) atoms. The van der Waals surface area contributed by atoms with E-state index < -0.39 is 0 Å². The molecule has 0 aliphatic carbocycles. The van der Waals surface area contributed by atoms with E-state index in [1.54, 1.807) is 0 Å². The molecule has 0 saturated heterocycles. The van der Waals surface area contributed by atoms with Crippen LogP contribution in [0.5, 0.6) is 0 Å². The van der Waals surface area contributed by atoms with E-state index in [1.165, 1.54) is 0 Å². The summed E-state index contributed by atoms with van der Waals surface area (Å²) in [5.74, 6) is 0.590. The van der Waals surface area contributed by atoms with Crippen molar-refractivity contribution in [3.8, 4) is 0 Å². The largest absolute Gasteiger partial charge is 0.323 e. The number of rotatable bonds is 4. The molecule has 0 amide bonds. The van der Waals surface area contributed by atoms with Crippen molar-refractivity contribution in [3.63, 3.8) is 0 Å². The van der Waals surface area contributed by atoms with Gasteiger partial charge in [-0.15, -0.1) is 5.10 Å². The Morgan fingerprint density at radius 2 is 2.23 bits per heavy atom. The van der Waals surface area contributed by atoms with Crippen LogP contribution < -0.4 is 5.73 Å². The maximum absolute atomic E-state index is 5.82. The van der Waals surface area contributed by atoms with Crippen molar-refractivity contribution in [2.24, 2.45) is 11.7 Å². The van der Waals surface area contributed by atoms with Gasteiger partial charge in [0, 0.05) is 6.54 Å². The second kappa shape index (κ2) is 4.37. The monoisotopic (exact) mass is 182 g/mol. The van der Waals surface area contributed by atoms with Crippen LogP contribution in [0.3, 0.4) is 0 Å². The Bertz CT molecular complexity index is 254. The molecule has 2 N–H and O–H groups in total. The van der Waals surface area contributed by atoms with E-state index >= 15 is 0 Å². The molecule has 1 rings (SSSR count). The summed E-state index contributed by atoms with van der Waals surface area (Å²) < 4.78 is 1.86. The molecule has 0 radical (unpaired) electrons. The average Bonchev–Trinajstić information content (AvgIpc) is 2.50. The number of nitrogens with two attached hydrogens (primary N) is 1. The normalized spacial score (nSPS) is 13.6. The summed E-state index contributed by atoms with van der Waals surface area (Å²) in [5.41, 5.74) is 6.71. The molecule has 0 bridgehead atoms. The lowest BCUT2D eigenvalue weighted by molar-refractivity contribution is 0.472. The minimum absolute atomic E-state index is 0.0286. The van der Waals surface area contributed by atoms with Crippen LogP contribution in [0.4, 0.5) is 0 Å². The molecule has 0 aromatic carbocycles. The fourth-order valence-electron chi connectivity index (χ4n) is 1.16. The molecule has 4 heteroatoms. The summed E-state index contributed by atoms with van der Waals surface area (Å²) in [5, 5.41) is 8.04. The second-order valence-electron chi connectivity index (χ2n) is 3.77. The van der Waals surface area contributed by atoms with E-state index in [1.807, 2.05) is 17.8 Å². The standard InChI is InChI=1S/C9H18N4/c1-4-8(10)9-6-13(12-11-9)5-7(2)3/h6-8H,4-5,10H2,1-3H3. The third-order valence-corrected chi connectivity index (χ3v) is 1.93. The van der Waals surface area contributed by atoms with E-state index in [-0.39, 0.29) is 6.04 Å². The smallest absolute Gasteiger partial charge is 0.0993 e. The van der Waals surface area contributed by atoms with Crippen molar-refractivity contribution in [1.82, 2.24) is 15.0 Å². The number of hydrogen-bond acceptors (Lipinski definition) is 3. The fourth-order valence-corrected chi connectivity index (χ4v) is 1.16. The van der Waals surface area contributed by atoms with Gasteiger partial charge in [0.15, 0.2) is 0 Å². The first-order valence-electron chi connectivity index (χ1n) is 4.79.